The summed E-state index contributed by atoms with van der Waals surface area (Å²) in [7, 11) is 0. The topological polar surface area (TPSA) is 18.5 Å². The number of hydrogen-bond donors (Lipinski definition) is 0. The van der Waals surface area contributed by atoms with Gasteiger partial charge in [0.2, 0.25) is 0 Å². The standard InChI is InChI=1S/C22H30F4O2/c1-3-5-16-8-7-14(11-22(16,25)26)17-9-10-18(21(24)20(17)23)15-12-27-19(6-4-2)28-13-15/h9-10,14-16,19H,3-8,11-13H2,1-2H3. The van der Waals surface area contributed by atoms with Crippen LogP contribution >= 0.6 is 0 Å². The van der Waals surface area contributed by atoms with E-state index < -0.39 is 41.7 Å². The molecule has 0 spiro atoms. The quantitative estimate of drug-likeness (QED) is 0.503. The van der Waals surface area contributed by atoms with E-state index in [1.165, 1.54) is 12.1 Å². The van der Waals surface area contributed by atoms with Gasteiger partial charge in [-0.25, -0.2) is 17.6 Å². The molecule has 1 aromatic rings. The second-order valence-corrected chi connectivity index (χ2v) is 8.18. The summed E-state index contributed by atoms with van der Waals surface area (Å²) in [6.45, 7) is 4.44. The van der Waals surface area contributed by atoms with Crippen LogP contribution in [0, 0.1) is 17.6 Å². The Labute approximate surface area is 164 Å². The SMILES string of the molecule is CCCC1OCC(c2ccc(C3CCC(CCC)C(F)(F)C3)c(F)c2F)CO1. The van der Waals surface area contributed by atoms with E-state index >= 15 is 0 Å². The van der Waals surface area contributed by atoms with Gasteiger partial charge in [0.15, 0.2) is 17.9 Å². The first kappa shape index (κ1) is 21.6. The maximum absolute atomic E-state index is 14.8. The van der Waals surface area contributed by atoms with Crippen molar-refractivity contribution in [3.8, 4) is 0 Å². The van der Waals surface area contributed by atoms with Crippen molar-refractivity contribution in [1.82, 2.24) is 0 Å². The van der Waals surface area contributed by atoms with Crippen LogP contribution in [0.2, 0.25) is 0 Å². The van der Waals surface area contributed by atoms with Gasteiger partial charge in [0.1, 0.15) is 0 Å². The molecular weight excluding hydrogens is 372 g/mol. The van der Waals surface area contributed by atoms with Gasteiger partial charge >= 0.3 is 0 Å². The minimum absolute atomic E-state index is 0.0670. The Kier molecular flexibility index (Phi) is 7.02. The van der Waals surface area contributed by atoms with Crippen LogP contribution in [0.3, 0.4) is 0 Å². The lowest BCUT2D eigenvalue weighted by atomic mass is 9.74. The summed E-state index contributed by atoms with van der Waals surface area (Å²) in [4.78, 5) is 0. The van der Waals surface area contributed by atoms with E-state index in [1.807, 2.05) is 13.8 Å². The fraction of sp³-hybridized carbons (Fsp3) is 0.727. The number of benzene rings is 1. The molecule has 2 nitrogen and oxygen atoms in total. The van der Waals surface area contributed by atoms with Crippen LogP contribution in [-0.4, -0.2) is 25.4 Å². The summed E-state index contributed by atoms with van der Waals surface area (Å²) in [5.74, 6) is -6.49. The van der Waals surface area contributed by atoms with Gasteiger partial charge in [-0.1, -0.05) is 38.8 Å². The normalized spacial score (nSPS) is 30.4. The van der Waals surface area contributed by atoms with E-state index in [2.05, 4.69) is 0 Å². The lowest BCUT2D eigenvalue weighted by Crippen LogP contribution is -2.35. The van der Waals surface area contributed by atoms with Crippen LogP contribution in [0.1, 0.15) is 81.8 Å². The van der Waals surface area contributed by atoms with Crippen LogP contribution in [0.25, 0.3) is 0 Å². The van der Waals surface area contributed by atoms with Crippen LogP contribution in [0.5, 0.6) is 0 Å². The van der Waals surface area contributed by atoms with Crippen molar-refractivity contribution in [3.63, 3.8) is 0 Å². The summed E-state index contributed by atoms with van der Waals surface area (Å²) in [5, 5.41) is 0. The van der Waals surface area contributed by atoms with Crippen LogP contribution in [0.4, 0.5) is 17.6 Å². The Morgan fingerprint density at radius 1 is 0.893 bits per heavy atom. The number of alkyl halides is 2. The molecule has 0 bridgehead atoms. The van der Waals surface area contributed by atoms with E-state index in [1.54, 1.807) is 0 Å². The van der Waals surface area contributed by atoms with Crippen molar-refractivity contribution >= 4 is 0 Å². The average Bonchev–Trinajstić information content (AvgIpc) is 2.66. The van der Waals surface area contributed by atoms with Gasteiger partial charge in [0.05, 0.1) is 13.2 Å². The Hall–Kier alpha value is -1.14. The Morgan fingerprint density at radius 2 is 1.46 bits per heavy atom. The molecule has 3 rings (SSSR count). The first-order valence-electron chi connectivity index (χ1n) is 10.5. The number of ether oxygens (including phenoxy) is 2. The predicted octanol–water partition coefficient (Wildman–Crippen LogP) is 6.54. The third-order valence-electron chi connectivity index (χ3n) is 6.13. The van der Waals surface area contributed by atoms with Gasteiger partial charge < -0.3 is 9.47 Å². The zero-order valence-corrected chi connectivity index (χ0v) is 16.7. The maximum Gasteiger partial charge on any atom is 0.251 e. The molecule has 0 N–H and O–H groups in total. The molecule has 0 amide bonds. The van der Waals surface area contributed by atoms with Gasteiger partial charge in [0.25, 0.3) is 5.92 Å². The average molecular weight is 402 g/mol. The molecular formula is C22H30F4O2. The second kappa shape index (κ2) is 9.12. The fourth-order valence-electron chi connectivity index (χ4n) is 4.52. The molecule has 28 heavy (non-hydrogen) atoms. The largest absolute Gasteiger partial charge is 0.352 e. The monoisotopic (exact) mass is 402 g/mol. The van der Waals surface area contributed by atoms with Gasteiger partial charge in [-0.05, 0) is 42.7 Å². The maximum atomic E-state index is 14.8. The van der Waals surface area contributed by atoms with E-state index in [4.69, 9.17) is 9.47 Å². The van der Waals surface area contributed by atoms with Crippen molar-refractivity contribution < 1.29 is 27.0 Å². The molecule has 1 aliphatic heterocycles. The molecule has 1 saturated carbocycles. The molecule has 2 aliphatic rings. The van der Waals surface area contributed by atoms with Crippen LogP contribution < -0.4 is 0 Å². The highest BCUT2D eigenvalue weighted by atomic mass is 19.3. The summed E-state index contributed by atoms with van der Waals surface area (Å²) in [5.41, 5.74) is 0.264. The minimum Gasteiger partial charge on any atom is -0.352 e. The summed E-state index contributed by atoms with van der Waals surface area (Å²) < 4.78 is 69.6. The first-order valence-corrected chi connectivity index (χ1v) is 10.5. The summed E-state index contributed by atoms with van der Waals surface area (Å²) in [6, 6.07) is 2.99. The van der Waals surface area contributed by atoms with Crippen molar-refractivity contribution in [3.05, 3.63) is 34.9 Å². The second-order valence-electron chi connectivity index (χ2n) is 8.18. The Balaban J connectivity index is 1.73. The highest BCUT2D eigenvalue weighted by molar-refractivity contribution is 5.32. The first-order chi connectivity index (χ1) is 13.4. The smallest absolute Gasteiger partial charge is 0.251 e. The molecule has 2 atom stereocenters. The van der Waals surface area contributed by atoms with Gasteiger partial charge in [0, 0.05) is 18.3 Å². The molecule has 158 valence electrons. The van der Waals surface area contributed by atoms with Crippen molar-refractivity contribution in [2.45, 2.75) is 82.8 Å². The van der Waals surface area contributed by atoms with Crippen molar-refractivity contribution in [2.75, 3.05) is 13.2 Å². The zero-order valence-electron chi connectivity index (χ0n) is 16.7. The van der Waals surface area contributed by atoms with E-state index in [-0.39, 0.29) is 30.6 Å². The lowest BCUT2D eigenvalue weighted by Gasteiger charge is -2.36. The third kappa shape index (κ3) is 4.54. The van der Waals surface area contributed by atoms with Gasteiger partial charge in [-0.2, -0.15) is 0 Å². The number of rotatable bonds is 6. The lowest BCUT2D eigenvalue weighted by molar-refractivity contribution is -0.190. The molecule has 0 aromatic heterocycles. The molecule has 2 fully saturated rings. The highest BCUT2D eigenvalue weighted by Gasteiger charge is 2.45. The molecule has 1 heterocycles. The predicted molar refractivity (Wildman–Crippen MR) is 99.6 cm³/mol. The fourth-order valence-corrected chi connectivity index (χ4v) is 4.52. The van der Waals surface area contributed by atoms with Gasteiger partial charge in [-0.3, -0.25) is 0 Å². The Morgan fingerprint density at radius 3 is 2.00 bits per heavy atom. The number of hydrogen-bond acceptors (Lipinski definition) is 2. The molecule has 2 unspecified atom stereocenters. The minimum atomic E-state index is -2.83. The molecule has 1 saturated heterocycles. The van der Waals surface area contributed by atoms with Crippen LogP contribution in [0.15, 0.2) is 12.1 Å². The van der Waals surface area contributed by atoms with Crippen molar-refractivity contribution in [2.24, 2.45) is 5.92 Å². The van der Waals surface area contributed by atoms with E-state index in [9.17, 15) is 17.6 Å². The molecule has 1 aliphatic carbocycles. The highest BCUT2D eigenvalue weighted by Crippen LogP contribution is 2.48. The summed E-state index contributed by atoms with van der Waals surface area (Å²) in [6.07, 6.45) is 2.94. The van der Waals surface area contributed by atoms with Crippen LogP contribution in [-0.2, 0) is 9.47 Å². The summed E-state index contributed by atoms with van der Waals surface area (Å²) >= 11 is 0. The molecule has 0 radical (unpaired) electrons. The van der Waals surface area contributed by atoms with E-state index in [0.29, 0.717) is 25.7 Å². The number of halogens is 4. The van der Waals surface area contributed by atoms with Gasteiger partial charge in [-0.15, -0.1) is 0 Å². The zero-order chi connectivity index (χ0) is 20.3. The molecule has 6 heteroatoms. The third-order valence-corrected chi connectivity index (χ3v) is 6.13. The molecule has 1 aromatic carbocycles. The van der Waals surface area contributed by atoms with E-state index in [0.717, 1.165) is 12.8 Å². The Bertz CT molecular complexity index is 656. The van der Waals surface area contributed by atoms with Crippen molar-refractivity contribution in [1.29, 1.82) is 0 Å².